The summed E-state index contributed by atoms with van der Waals surface area (Å²) in [6, 6.07) is 11.5. The standard InChI is InChI=1S/C27H28F4/c1-2-3-4-5-17-6-8-18(9-7-17)19-10-12-20(13-11-19)21-14-22-16-24(29)26(30)27(31)25(22)23(28)15-21/h10-18H,2-9H2,1H3/t17-,18-. The third-order valence-electron chi connectivity index (χ3n) is 6.80. The molecule has 0 bridgehead atoms. The lowest BCUT2D eigenvalue weighted by molar-refractivity contribution is 0.303. The Bertz CT molecular complexity index is 1050. The molecule has 1 fully saturated rings. The highest BCUT2D eigenvalue weighted by molar-refractivity contribution is 5.88. The van der Waals surface area contributed by atoms with Crippen LogP contribution in [0.5, 0.6) is 0 Å². The van der Waals surface area contributed by atoms with E-state index in [2.05, 4.69) is 19.1 Å². The Labute approximate surface area is 181 Å². The second-order valence-electron chi connectivity index (χ2n) is 8.88. The van der Waals surface area contributed by atoms with E-state index in [0.29, 0.717) is 11.5 Å². The van der Waals surface area contributed by atoms with E-state index in [-0.39, 0.29) is 5.39 Å². The van der Waals surface area contributed by atoms with Crippen LogP contribution in [0.2, 0.25) is 0 Å². The molecule has 3 aromatic rings. The van der Waals surface area contributed by atoms with Crippen molar-refractivity contribution in [3.63, 3.8) is 0 Å². The summed E-state index contributed by atoms with van der Waals surface area (Å²) in [6.07, 6.45) is 10.2. The summed E-state index contributed by atoms with van der Waals surface area (Å²) >= 11 is 0. The van der Waals surface area contributed by atoms with E-state index in [1.807, 2.05) is 12.1 Å². The van der Waals surface area contributed by atoms with Gasteiger partial charge in [-0.25, -0.2) is 17.6 Å². The minimum absolute atomic E-state index is 0.0110. The first-order valence-corrected chi connectivity index (χ1v) is 11.3. The first kappa shape index (κ1) is 21.9. The van der Waals surface area contributed by atoms with Crippen molar-refractivity contribution in [3.8, 4) is 11.1 Å². The molecule has 0 aromatic heterocycles. The van der Waals surface area contributed by atoms with Gasteiger partial charge >= 0.3 is 0 Å². The number of benzene rings is 3. The van der Waals surface area contributed by atoms with Crippen LogP contribution >= 0.6 is 0 Å². The molecule has 0 unspecified atom stereocenters. The van der Waals surface area contributed by atoms with Crippen LogP contribution in [0, 0.1) is 29.2 Å². The van der Waals surface area contributed by atoms with E-state index < -0.39 is 28.7 Å². The predicted molar refractivity (Wildman–Crippen MR) is 118 cm³/mol. The maximum absolute atomic E-state index is 14.5. The van der Waals surface area contributed by atoms with Crippen LogP contribution in [0.15, 0.2) is 42.5 Å². The highest BCUT2D eigenvalue weighted by atomic mass is 19.2. The third kappa shape index (κ3) is 4.63. The van der Waals surface area contributed by atoms with Crippen LogP contribution < -0.4 is 0 Å². The Kier molecular flexibility index (Phi) is 6.64. The molecule has 164 valence electrons. The molecular weight excluding hydrogens is 400 g/mol. The van der Waals surface area contributed by atoms with Gasteiger partial charge in [-0.15, -0.1) is 0 Å². The van der Waals surface area contributed by atoms with Gasteiger partial charge in [0.25, 0.3) is 0 Å². The molecule has 4 rings (SSSR count). The Morgan fingerprint density at radius 2 is 1.45 bits per heavy atom. The number of rotatable bonds is 6. The van der Waals surface area contributed by atoms with Crippen LogP contribution in [-0.4, -0.2) is 0 Å². The zero-order valence-corrected chi connectivity index (χ0v) is 17.9. The van der Waals surface area contributed by atoms with E-state index in [0.717, 1.165) is 17.5 Å². The Hall–Kier alpha value is -2.36. The average Bonchev–Trinajstić information content (AvgIpc) is 2.78. The van der Waals surface area contributed by atoms with Crippen LogP contribution in [0.4, 0.5) is 17.6 Å². The van der Waals surface area contributed by atoms with Gasteiger partial charge in [0.2, 0.25) is 0 Å². The van der Waals surface area contributed by atoms with Gasteiger partial charge in [0, 0.05) is 0 Å². The molecule has 0 spiro atoms. The SMILES string of the molecule is CCCCC[C@H]1CC[C@H](c2ccc(-c3cc(F)c4c(F)c(F)c(F)cc4c3)cc2)CC1. The Morgan fingerprint density at radius 3 is 2.13 bits per heavy atom. The summed E-state index contributed by atoms with van der Waals surface area (Å²) in [6.45, 7) is 2.24. The first-order chi connectivity index (χ1) is 15.0. The zero-order chi connectivity index (χ0) is 22.0. The van der Waals surface area contributed by atoms with Gasteiger partial charge in [0.1, 0.15) is 5.82 Å². The number of hydrogen-bond donors (Lipinski definition) is 0. The molecule has 0 nitrogen and oxygen atoms in total. The Balaban J connectivity index is 1.50. The number of fused-ring (bicyclic) bond motifs is 1. The second-order valence-corrected chi connectivity index (χ2v) is 8.88. The fraction of sp³-hybridized carbons (Fsp3) is 0.407. The molecule has 0 saturated heterocycles. The van der Waals surface area contributed by atoms with E-state index in [1.165, 1.54) is 69.1 Å². The molecule has 31 heavy (non-hydrogen) atoms. The monoisotopic (exact) mass is 428 g/mol. The molecule has 4 heteroatoms. The fourth-order valence-corrected chi connectivity index (χ4v) is 4.97. The van der Waals surface area contributed by atoms with Crippen molar-refractivity contribution in [2.45, 2.75) is 64.2 Å². The molecule has 0 atom stereocenters. The topological polar surface area (TPSA) is 0 Å². The summed E-state index contributed by atoms with van der Waals surface area (Å²) in [7, 11) is 0. The zero-order valence-electron chi connectivity index (χ0n) is 17.9. The van der Waals surface area contributed by atoms with Crippen LogP contribution in [-0.2, 0) is 0 Å². The maximum atomic E-state index is 14.5. The first-order valence-electron chi connectivity index (χ1n) is 11.3. The highest BCUT2D eigenvalue weighted by Crippen LogP contribution is 2.38. The molecule has 0 amide bonds. The molecule has 0 heterocycles. The maximum Gasteiger partial charge on any atom is 0.195 e. The molecule has 1 aliphatic carbocycles. The summed E-state index contributed by atoms with van der Waals surface area (Å²) in [5.74, 6) is -3.94. The van der Waals surface area contributed by atoms with E-state index in [4.69, 9.17) is 0 Å². The Morgan fingerprint density at radius 1 is 0.742 bits per heavy atom. The molecule has 0 aliphatic heterocycles. The van der Waals surface area contributed by atoms with Gasteiger partial charge in [-0.05, 0) is 77.8 Å². The largest absolute Gasteiger partial charge is 0.206 e. The van der Waals surface area contributed by atoms with Crippen molar-refractivity contribution in [3.05, 3.63) is 71.3 Å². The van der Waals surface area contributed by atoms with Crippen molar-refractivity contribution in [1.82, 2.24) is 0 Å². The van der Waals surface area contributed by atoms with E-state index in [9.17, 15) is 17.6 Å². The van der Waals surface area contributed by atoms with Gasteiger partial charge in [-0.1, -0.05) is 56.9 Å². The number of unbranched alkanes of at least 4 members (excludes halogenated alkanes) is 2. The predicted octanol–water partition coefficient (Wildman–Crippen LogP) is 8.92. The van der Waals surface area contributed by atoms with Gasteiger partial charge in [0.05, 0.1) is 5.39 Å². The number of halogens is 4. The number of hydrogen-bond acceptors (Lipinski definition) is 0. The van der Waals surface area contributed by atoms with Gasteiger partial charge < -0.3 is 0 Å². The quantitative estimate of drug-likeness (QED) is 0.209. The smallest absolute Gasteiger partial charge is 0.195 e. The molecular formula is C27H28F4. The van der Waals surface area contributed by atoms with Gasteiger partial charge in [-0.2, -0.15) is 0 Å². The summed E-state index contributed by atoms with van der Waals surface area (Å²) < 4.78 is 55.5. The van der Waals surface area contributed by atoms with Crippen LogP contribution in [0.25, 0.3) is 21.9 Å². The van der Waals surface area contributed by atoms with Crippen LogP contribution in [0.3, 0.4) is 0 Å². The molecule has 1 aliphatic rings. The van der Waals surface area contributed by atoms with Crippen molar-refractivity contribution in [2.24, 2.45) is 5.92 Å². The molecule has 0 N–H and O–H groups in total. The van der Waals surface area contributed by atoms with Crippen molar-refractivity contribution < 1.29 is 17.6 Å². The normalized spacial score (nSPS) is 19.1. The van der Waals surface area contributed by atoms with Crippen LogP contribution in [0.1, 0.15) is 69.8 Å². The summed E-state index contributed by atoms with van der Waals surface area (Å²) in [4.78, 5) is 0. The highest BCUT2D eigenvalue weighted by Gasteiger charge is 2.22. The lowest BCUT2D eigenvalue weighted by atomic mass is 9.77. The minimum atomic E-state index is -1.65. The lowest BCUT2D eigenvalue weighted by Crippen LogP contribution is -2.13. The lowest BCUT2D eigenvalue weighted by Gasteiger charge is -2.29. The van der Waals surface area contributed by atoms with Gasteiger partial charge in [0.15, 0.2) is 17.5 Å². The molecule has 0 radical (unpaired) electrons. The average molecular weight is 429 g/mol. The summed E-state index contributed by atoms with van der Waals surface area (Å²) in [5, 5.41) is -0.508. The molecule has 3 aromatic carbocycles. The van der Waals surface area contributed by atoms with Crippen molar-refractivity contribution in [2.75, 3.05) is 0 Å². The van der Waals surface area contributed by atoms with Crippen molar-refractivity contribution >= 4 is 10.8 Å². The molecule has 1 saturated carbocycles. The fourth-order valence-electron chi connectivity index (χ4n) is 4.97. The second kappa shape index (κ2) is 9.42. The van der Waals surface area contributed by atoms with E-state index in [1.54, 1.807) is 0 Å². The van der Waals surface area contributed by atoms with E-state index >= 15 is 0 Å². The minimum Gasteiger partial charge on any atom is -0.206 e. The summed E-state index contributed by atoms with van der Waals surface area (Å²) in [5.41, 5.74) is 2.57. The van der Waals surface area contributed by atoms with Gasteiger partial charge in [-0.3, -0.25) is 0 Å². The van der Waals surface area contributed by atoms with Crippen molar-refractivity contribution in [1.29, 1.82) is 0 Å². The third-order valence-corrected chi connectivity index (χ3v) is 6.80.